The van der Waals surface area contributed by atoms with Crippen molar-refractivity contribution in [2.24, 2.45) is 11.8 Å². The van der Waals surface area contributed by atoms with Gasteiger partial charge in [-0.15, -0.1) is 0 Å². The molecule has 2 aliphatic rings. The SMILES string of the molecule is Cc1nc(C(=O)N2C[C@@H](CN3CCN(C)CC3)[C@@H](CO)C2)c(C)o1. The molecule has 0 aliphatic carbocycles. The quantitative estimate of drug-likeness (QED) is 0.848. The molecule has 1 N–H and O–H groups in total. The number of likely N-dealkylation sites (N-methyl/N-ethyl adjacent to an activating group) is 1. The summed E-state index contributed by atoms with van der Waals surface area (Å²) in [5.74, 6) is 1.46. The average Bonchev–Trinajstić information content (AvgIpc) is 3.11. The van der Waals surface area contributed by atoms with E-state index in [0.29, 0.717) is 36.4 Å². The maximum Gasteiger partial charge on any atom is 0.276 e. The second-order valence-electron chi connectivity index (χ2n) is 7.15. The lowest BCUT2D eigenvalue weighted by Crippen LogP contribution is -2.47. The highest BCUT2D eigenvalue weighted by Crippen LogP contribution is 2.26. The van der Waals surface area contributed by atoms with Crippen LogP contribution in [0.2, 0.25) is 0 Å². The Morgan fingerprint density at radius 2 is 1.88 bits per heavy atom. The Balaban J connectivity index is 1.63. The third kappa shape index (κ3) is 3.63. The molecule has 7 nitrogen and oxygen atoms in total. The Hall–Kier alpha value is -1.44. The highest BCUT2D eigenvalue weighted by molar-refractivity contribution is 5.93. The first-order valence-electron chi connectivity index (χ1n) is 8.73. The number of likely N-dealkylation sites (tertiary alicyclic amines) is 1. The molecule has 3 heterocycles. The van der Waals surface area contributed by atoms with Crippen LogP contribution in [0.4, 0.5) is 0 Å². The fraction of sp³-hybridized carbons (Fsp3) is 0.765. The van der Waals surface area contributed by atoms with Crippen LogP contribution in [-0.4, -0.2) is 90.2 Å². The highest BCUT2D eigenvalue weighted by atomic mass is 16.4. The summed E-state index contributed by atoms with van der Waals surface area (Å²) < 4.78 is 5.39. The van der Waals surface area contributed by atoms with E-state index in [2.05, 4.69) is 21.8 Å². The minimum atomic E-state index is -0.0799. The fourth-order valence-corrected chi connectivity index (χ4v) is 3.76. The van der Waals surface area contributed by atoms with Crippen LogP contribution in [0.15, 0.2) is 4.42 Å². The highest BCUT2D eigenvalue weighted by Gasteiger charge is 2.37. The molecule has 24 heavy (non-hydrogen) atoms. The smallest absolute Gasteiger partial charge is 0.276 e. The molecule has 2 saturated heterocycles. The van der Waals surface area contributed by atoms with E-state index in [1.54, 1.807) is 13.8 Å². The van der Waals surface area contributed by atoms with Gasteiger partial charge in [0.05, 0.1) is 0 Å². The molecule has 1 aromatic heterocycles. The first kappa shape index (κ1) is 17.4. The number of aromatic nitrogens is 1. The summed E-state index contributed by atoms with van der Waals surface area (Å²) >= 11 is 0. The zero-order valence-electron chi connectivity index (χ0n) is 14.9. The monoisotopic (exact) mass is 336 g/mol. The average molecular weight is 336 g/mol. The summed E-state index contributed by atoms with van der Waals surface area (Å²) in [4.78, 5) is 23.6. The number of carbonyl (C=O) groups excluding carboxylic acids is 1. The van der Waals surface area contributed by atoms with Gasteiger partial charge in [0.15, 0.2) is 11.6 Å². The number of hydrogen-bond donors (Lipinski definition) is 1. The molecule has 0 aromatic carbocycles. The van der Waals surface area contributed by atoms with E-state index < -0.39 is 0 Å². The Morgan fingerprint density at radius 1 is 1.21 bits per heavy atom. The number of nitrogens with zero attached hydrogens (tertiary/aromatic N) is 4. The summed E-state index contributed by atoms with van der Waals surface area (Å²) in [6.07, 6.45) is 0. The second kappa shape index (κ2) is 7.21. The largest absolute Gasteiger partial charge is 0.445 e. The van der Waals surface area contributed by atoms with Gasteiger partial charge in [-0.05, 0) is 19.9 Å². The second-order valence-corrected chi connectivity index (χ2v) is 7.15. The van der Waals surface area contributed by atoms with Gasteiger partial charge in [-0.25, -0.2) is 4.98 Å². The molecule has 0 saturated carbocycles. The van der Waals surface area contributed by atoms with Crippen LogP contribution < -0.4 is 0 Å². The number of aryl methyl sites for hydroxylation is 2. The number of rotatable bonds is 4. The number of aliphatic hydroxyl groups is 1. The molecular weight excluding hydrogens is 308 g/mol. The van der Waals surface area contributed by atoms with Crippen molar-refractivity contribution >= 4 is 5.91 Å². The number of piperazine rings is 1. The number of hydrogen-bond acceptors (Lipinski definition) is 6. The van der Waals surface area contributed by atoms with Crippen molar-refractivity contribution in [1.29, 1.82) is 0 Å². The third-order valence-electron chi connectivity index (χ3n) is 5.29. The van der Waals surface area contributed by atoms with E-state index in [4.69, 9.17) is 4.42 Å². The zero-order chi connectivity index (χ0) is 17.3. The molecular formula is C17H28N4O3. The van der Waals surface area contributed by atoms with E-state index in [9.17, 15) is 9.90 Å². The van der Waals surface area contributed by atoms with Gasteiger partial charge in [-0.2, -0.15) is 0 Å². The van der Waals surface area contributed by atoms with E-state index in [1.807, 2.05) is 4.90 Å². The molecule has 1 aromatic rings. The lowest BCUT2D eigenvalue weighted by atomic mass is 9.96. The Bertz CT molecular complexity index is 580. The standard InChI is InChI=1S/C17H28N4O3/c1-12-16(18-13(2)24-12)17(23)21-9-14(15(10-21)11-22)8-20-6-4-19(3)5-7-20/h14-15,22H,4-11H2,1-3H3/t14-,15-/m1/s1. The number of amides is 1. The predicted octanol–water partition coefficient (Wildman–Crippen LogP) is 0.219. The van der Waals surface area contributed by atoms with E-state index >= 15 is 0 Å². The van der Waals surface area contributed by atoms with E-state index in [1.165, 1.54) is 0 Å². The maximum absolute atomic E-state index is 12.7. The Morgan fingerprint density at radius 3 is 2.46 bits per heavy atom. The van der Waals surface area contributed by atoms with Gasteiger partial charge in [0.25, 0.3) is 5.91 Å². The van der Waals surface area contributed by atoms with Gasteiger partial charge < -0.3 is 24.2 Å². The van der Waals surface area contributed by atoms with Crippen molar-refractivity contribution in [3.8, 4) is 0 Å². The lowest BCUT2D eigenvalue weighted by molar-refractivity contribution is 0.0770. The summed E-state index contributed by atoms with van der Waals surface area (Å²) in [7, 11) is 2.14. The molecule has 2 atom stereocenters. The molecule has 2 fully saturated rings. The first-order chi connectivity index (χ1) is 11.5. The van der Waals surface area contributed by atoms with Gasteiger partial charge in [-0.1, -0.05) is 0 Å². The van der Waals surface area contributed by atoms with Crippen molar-refractivity contribution in [2.75, 3.05) is 59.5 Å². The van der Waals surface area contributed by atoms with Crippen molar-refractivity contribution in [3.63, 3.8) is 0 Å². The van der Waals surface area contributed by atoms with E-state index in [0.717, 1.165) is 32.7 Å². The predicted molar refractivity (Wildman–Crippen MR) is 89.9 cm³/mol. The van der Waals surface area contributed by atoms with Crippen LogP contribution in [0.3, 0.4) is 0 Å². The summed E-state index contributed by atoms with van der Waals surface area (Å²) in [5, 5.41) is 9.74. The van der Waals surface area contributed by atoms with Gasteiger partial charge in [0, 0.05) is 65.3 Å². The maximum atomic E-state index is 12.7. The van der Waals surface area contributed by atoms with Crippen LogP contribution >= 0.6 is 0 Å². The molecule has 7 heteroatoms. The van der Waals surface area contributed by atoms with Crippen molar-refractivity contribution in [1.82, 2.24) is 19.7 Å². The molecule has 0 unspecified atom stereocenters. The van der Waals surface area contributed by atoms with Crippen LogP contribution in [-0.2, 0) is 0 Å². The summed E-state index contributed by atoms with van der Waals surface area (Å²) in [5.41, 5.74) is 0.407. The van der Waals surface area contributed by atoms with Crippen LogP contribution in [0, 0.1) is 25.7 Å². The topological polar surface area (TPSA) is 73.1 Å². The van der Waals surface area contributed by atoms with E-state index in [-0.39, 0.29) is 18.4 Å². The minimum absolute atomic E-state index is 0.0799. The molecule has 0 radical (unpaired) electrons. The van der Waals surface area contributed by atoms with Crippen LogP contribution in [0.25, 0.3) is 0 Å². The van der Waals surface area contributed by atoms with Crippen LogP contribution in [0.1, 0.15) is 22.1 Å². The Kier molecular flexibility index (Phi) is 5.22. The molecule has 134 valence electrons. The minimum Gasteiger partial charge on any atom is -0.445 e. The van der Waals surface area contributed by atoms with Crippen molar-refractivity contribution in [3.05, 3.63) is 17.3 Å². The fourth-order valence-electron chi connectivity index (χ4n) is 3.76. The summed E-state index contributed by atoms with van der Waals surface area (Å²) in [6, 6.07) is 0. The number of aliphatic hydroxyl groups excluding tert-OH is 1. The van der Waals surface area contributed by atoms with Gasteiger partial charge in [0.1, 0.15) is 5.76 Å². The van der Waals surface area contributed by atoms with Gasteiger partial charge in [0.2, 0.25) is 0 Å². The molecule has 2 aliphatic heterocycles. The van der Waals surface area contributed by atoms with Crippen LogP contribution in [0.5, 0.6) is 0 Å². The molecule has 0 bridgehead atoms. The number of oxazole rings is 1. The lowest BCUT2D eigenvalue weighted by Gasteiger charge is -2.34. The molecule has 0 spiro atoms. The normalized spacial score (nSPS) is 26.2. The van der Waals surface area contributed by atoms with Crippen molar-refractivity contribution < 1.29 is 14.3 Å². The molecule has 1 amide bonds. The zero-order valence-corrected chi connectivity index (χ0v) is 14.9. The van der Waals surface area contributed by atoms with Crippen molar-refractivity contribution in [2.45, 2.75) is 13.8 Å². The summed E-state index contributed by atoms with van der Waals surface area (Å²) in [6.45, 7) is 10.1. The van der Waals surface area contributed by atoms with Gasteiger partial charge >= 0.3 is 0 Å². The first-order valence-corrected chi connectivity index (χ1v) is 8.73. The number of carbonyl (C=O) groups is 1. The van der Waals surface area contributed by atoms with Gasteiger partial charge in [-0.3, -0.25) is 4.79 Å². The third-order valence-corrected chi connectivity index (χ3v) is 5.29. The Labute approximate surface area is 143 Å². The molecule has 3 rings (SSSR count).